The van der Waals surface area contributed by atoms with Crippen molar-refractivity contribution in [2.75, 3.05) is 0 Å². The average Bonchev–Trinajstić information content (AvgIpc) is 2.32. The maximum absolute atomic E-state index is 10.1. The van der Waals surface area contributed by atoms with E-state index in [1.54, 1.807) is 6.92 Å². The molecule has 1 rings (SSSR count). The fraction of sp³-hybridized carbons (Fsp3) is 0.900. The zero-order chi connectivity index (χ0) is 10.1. The van der Waals surface area contributed by atoms with E-state index in [-0.39, 0.29) is 6.10 Å². The van der Waals surface area contributed by atoms with Gasteiger partial charge in [-0.2, -0.15) is 0 Å². The van der Waals surface area contributed by atoms with Crippen LogP contribution in [0.4, 0.5) is 0 Å². The molecule has 2 atom stereocenters. The van der Waals surface area contributed by atoms with Gasteiger partial charge in [0.05, 0.1) is 5.60 Å². The van der Waals surface area contributed by atoms with E-state index in [9.17, 15) is 15.3 Å². The van der Waals surface area contributed by atoms with Crippen LogP contribution < -0.4 is 0 Å². The first-order valence-electron chi connectivity index (χ1n) is 5.00. The molecule has 1 aliphatic rings. The molecule has 13 heavy (non-hydrogen) atoms. The molecule has 1 aliphatic carbocycles. The lowest BCUT2D eigenvalue weighted by Crippen LogP contribution is -2.52. The van der Waals surface area contributed by atoms with Crippen molar-refractivity contribution in [3.05, 3.63) is 6.10 Å². The molecule has 0 aliphatic heterocycles. The Hall–Kier alpha value is -0.120. The van der Waals surface area contributed by atoms with Crippen molar-refractivity contribution in [1.82, 2.24) is 0 Å². The first kappa shape index (κ1) is 11.0. The first-order valence-corrected chi connectivity index (χ1v) is 5.00. The number of rotatable bonds is 3. The molecular weight excluding hydrogens is 168 g/mol. The molecule has 1 radical (unpaired) electrons. The summed E-state index contributed by atoms with van der Waals surface area (Å²) in [7, 11) is 0. The SMILES string of the molecule is CCCC1(O)CC[C](O)C1(O)CC. The van der Waals surface area contributed by atoms with Crippen LogP contribution in [0.5, 0.6) is 0 Å². The highest BCUT2D eigenvalue weighted by molar-refractivity contribution is 5.18. The molecular formula is C10H19O3. The molecule has 3 nitrogen and oxygen atoms in total. The van der Waals surface area contributed by atoms with Crippen LogP contribution in [0.3, 0.4) is 0 Å². The molecule has 0 saturated heterocycles. The first-order chi connectivity index (χ1) is 6.00. The van der Waals surface area contributed by atoms with Crippen molar-refractivity contribution in [2.24, 2.45) is 0 Å². The predicted octanol–water partition coefficient (Wildman–Crippen LogP) is 1.36. The van der Waals surface area contributed by atoms with Gasteiger partial charge in [-0.1, -0.05) is 20.3 Å². The molecule has 77 valence electrons. The van der Waals surface area contributed by atoms with Gasteiger partial charge in [0, 0.05) is 0 Å². The summed E-state index contributed by atoms with van der Waals surface area (Å²) in [5, 5.41) is 29.7. The minimum absolute atomic E-state index is 0.0472. The monoisotopic (exact) mass is 187 g/mol. The van der Waals surface area contributed by atoms with E-state index in [1.807, 2.05) is 6.92 Å². The summed E-state index contributed by atoms with van der Waals surface area (Å²) in [6.45, 7) is 3.74. The van der Waals surface area contributed by atoms with Crippen LogP contribution in [-0.2, 0) is 0 Å². The Morgan fingerprint density at radius 2 is 1.92 bits per heavy atom. The quantitative estimate of drug-likeness (QED) is 0.625. The molecule has 3 N–H and O–H groups in total. The lowest BCUT2D eigenvalue weighted by molar-refractivity contribution is -0.146. The minimum Gasteiger partial charge on any atom is -0.387 e. The molecule has 1 fully saturated rings. The van der Waals surface area contributed by atoms with Crippen molar-refractivity contribution in [1.29, 1.82) is 0 Å². The van der Waals surface area contributed by atoms with Crippen LogP contribution in [0.25, 0.3) is 0 Å². The highest BCUT2D eigenvalue weighted by Crippen LogP contribution is 2.47. The Morgan fingerprint density at radius 3 is 2.38 bits per heavy atom. The molecule has 0 spiro atoms. The van der Waals surface area contributed by atoms with Gasteiger partial charge < -0.3 is 15.3 Å². The molecule has 0 aromatic heterocycles. The van der Waals surface area contributed by atoms with Gasteiger partial charge in [0.15, 0.2) is 0 Å². The van der Waals surface area contributed by atoms with Gasteiger partial charge in [-0.15, -0.1) is 0 Å². The largest absolute Gasteiger partial charge is 0.387 e. The van der Waals surface area contributed by atoms with Gasteiger partial charge in [0.2, 0.25) is 0 Å². The lowest BCUT2D eigenvalue weighted by Gasteiger charge is -2.38. The van der Waals surface area contributed by atoms with E-state index in [0.29, 0.717) is 25.7 Å². The minimum atomic E-state index is -1.37. The molecule has 1 saturated carbocycles. The molecule has 0 bridgehead atoms. The summed E-state index contributed by atoms with van der Waals surface area (Å²) < 4.78 is 0. The average molecular weight is 187 g/mol. The Kier molecular flexibility index (Phi) is 3.00. The molecule has 3 heteroatoms. The highest BCUT2D eigenvalue weighted by atomic mass is 16.4. The van der Waals surface area contributed by atoms with Crippen LogP contribution >= 0.6 is 0 Å². The number of aliphatic hydroxyl groups excluding tert-OH is 1. The molecule has 0 amide bonds. The second kappa shape index (κ2) is 3.56. The van der Waals surface area contributed by atoms with Crippen molar-refractivity contribution in [2.45, 2.75) is 57.2 Å². The smallest absolute Gasteiger partial charge is 0.128 e. The van der Waals surface area contributed by atoms with Gasteiger partial charge in [-0.3, -0.25) is 0 Å². The standard InChI is InChI=1S/C10H19O3/c1-3-6-9(12)7-5-8(11)10(9,13)4-2/h11-13H,3-7H2,1-2H3. The zero-order valence-electron chi connectivity index (χ0n) is 8.38. The maximum Gasteiger partial charge on any atom is 0.128 e. The lowest BCUT2D eigenvalue weighted by atomic mass is 9.80. The number of hydrogen-bond donors (Lipinski definition) is 3. The van der Waals surface area contributed by atoms with Gasteiger partial charge in [0.25, 0.3) is 0 Å². The van der Waals surface area contributed by atoms with Gasteiger partial charge in [-0.25, -0.2) is 0 Å². The number of aliphatic hydroxyl groups is 3. The highest BCUT2D eigenvalue weighted by Gasteiger charge is 2.57. The molecule has 0 aromatic rings. The van der Waals surface area contributed by atoms with Crippen LogP contribution in [0, 0.1) is 6.10 Å². The summed E-state index contributed by atoms with van der Waals surface area (Å²) in [6, 6.07) is 0. The van der Waals surface area contributed by atoms with E-state index in [2.05, 4.69) is 0 Å². The summed E-state index contributed by atoms with van der Waals surface area (Å²) in [4.78, 5) is 0. The van der Waals surface area contributed by atoms with Crippen molar-refractivity contribution >= 4 is 0 Å². The van der Waals surface area contributed by atoms with Crippen LogP contribution in [-0.4, -0.2) is 26.5 Å². The van der Waals surface area contributed by atoms with Gasteiger partial charge in [-0.05, 0) is 25.7 Å². The van der Waals surface area contributed by atoms with Gasteiger partial charge in [0.1, 0.15) is 11.7 Å². The third-order valence-corrected chi connectivity index (χ3v) is 3.20. The fourth-order valence-corrected chi connectivity index (χ4v) is 2.29. The van der Waals surface area contributed by atoms with Crippen LogP contribution in [0.2, 0.25) is 0 Å². The van der Waals surface area contributed by atoms with Crippen LogP contribution in [0.15, 0.2) is 0 Å². The third-order valence-electron chi connectivity index (χ3n) is 3.20. The summed E-state index contributed by atoms with van der Waals surface area (Å²) in [6.07, 6.45) is 2.66. The Balaban J connectivity index is 2.85. The molecule has 0 aromatic carbocycles. The van der Waals surface area contributed by atoms with Crippen LogP contribution in [0.1, 0.15) is 46.0 Å². The predicted molar refractivity (Wildman–Crippen MR) is 49.5 cm³/mol. The summed E-state index contributed by atoms with van der Waals surface area (Å²) >= 11 is 0. The van der Waals surface area contributed by atoms with E-state index in [4.69, 9.17) is 0 Å². The maximum atomic E-state index is 10.1. The van der Waals surface area contributed by atoms with E-state index in [0.717, 1.165) is 6.42 Å². The Labute approximate surface area is 79.4 Å². The van der Waals surface area contributed by atoms with E-state index >= 15 is 0 Å². The fourth-order valence-electron chi connectivity index (χ4n) is 2.29. The Morgan fingerprint density at radius 1 is 1.31 bits per heavy atom. The Bertz CT molecular complexity index is 179. The molecule has 0 heterocycles. The number of hydrogen-bond acceptors (Lipinski definition) is 3. The summed E-state index contributed by atoms with van der Waals surface area (Å²) in [5.74, 6) is 0. The summed E-state index contributed by atoms with van der Waals surface area (Å²) in [5.41, 5.74) is -2.48. The third kappa shape index (κ3) is 1.49. The normalized spacial score (nSPS) is 41.3. The van der Waals surface area contributed by atoms with Crippen molar-refractivity contribution in [3.8, 4) is 0 Å². The van der Waals surface area contributed by atoms with Crippen molar-refractivity contribution < 1.29 is 15.3 Å². The second-order valence-electron chi connectivity index (χ2n) is 3.94. The second-order valence-corrected chi connectivity index (χ2v) is 3.94. The molecule has 2 unspecified atom stereocenters. The van der Waals surface area contributed by atoms with E-state index in [1.165, 1.54) is 0 Å². The van der Waals surface area contributed by atoms with Crippen molar-refractivity contribution in [3.63, 3.8) is 0 Å². The zero-order valence-corrected chi connectivity index (χ0v) is 8.38. The topological polar surface area (TPSA) is 60.7 Å². The van der Waals surface area contributed by atoms with Gasteiger partial charge >= 0.3 is 0 Å². The van der Waals surface area contributed by atoms with E-state index < -0.39 is 11.2 Å².